The molecule has 0 spiro atoms. The summed E-state index contributed by atoms with van der Waals surface area (Å²) in [7, 11) is 0. The zero-order chi connectivity index (χ0) is 20.5. The number of hydroxylamine groups is 1. The van der Waals surface area contributed by atoms with Gasteiger partial charge >= 0.3 is 6.03 Å². The Kier molecular flexibility index (Phi) is 7.66. The Labute approximate surface area is 161 Å². The van der Waals surface area contributed by atoms with Gasteiger partial charge in [0.25, 0.3) is 0 Å². The number of nitrogens with two attached hydrogens (primary N) is 1. The molecular formula is C18H23FN6O3. The topological polar surface area (TPSA) is 145 Å². The van der Waals surface area contributed by atoms with Gasteiger partial charge in [0.15, 0.2) is 0 Å². The molecule has 0 saturated heterocycles. The molecule has 2 rings (SSSR count). The second-order valence-electron chi connectivity index (χ2n) is 5.82. The number of aromatic nitrogens is 1. The van der Waals surface area contributed by atoms with Gasteiger partial charge in [0.2, 0.25) is 5.90 Å². The van der Waals surface area contributed by atoms with Crippen molar-refractivity contribution in [3.05, 3.63) is 53.5 Å². The Hall–Kier alpha value is -3.24. The number of rotatable bonds is 8. The highest BCUT2D eigenvalue weighted by atomic mass is 19.1. The first-order valence-corrected chi connectivity index (χ1v) is 8.61. The number of hydrogen-bond acceptors (Lipinski definition) is 7. The molecule has 0 bridgehead atoms. The van der Waals surface area contributed by atoms with Crippen molar-refractivity contribution in [2.75, 3.05) is 24.2 Å². The van der Waals surface area contributed by atoms with Crippen molar-refractivity contribution >= 4 is 23.4 Å². The van der Waals surface area contributed by atoms with Gasteiger partial charge in [-0.2, -0.15) is 0 Å². The van der Waals surface area contributed by atoms with Gasteiger partial charge in [0.1, 0.15) is 11.6 Å². The summed E-state index contributed by atoms with van der Waals surface area (Å²) in [6, 6.07) is 6.11. The van der Waals surface area contributed by atoms with Crippen molar-refractivity contribution in [3.63, 3.8) is 0 Å². The lowest BCUT2D eigenvalue weighted by molar-refractivity contribution is 0.161. The fourth-order valence-corrected chi connectivity index (χ4v) is 2.49. The average Bonchev–Trinajstić information content (AvgIpc) is 2.66. The normalized spacial score (nSPS) is 11.5. The predicted molar refractivity (Wildman–Crippen MR) is 103 cm³/mol. The Morgan fingerprint density at radius 3 is 2.71 bits per heavy atom. The van der Waals surface area contributed by atoms with Crippen molar-refractivity contribution in [1.82, 2.24) is 15.8 Å². The van der Waals surface area contributed by atoms with Crippen LogP contribution in [0.25, 0.3) is 0 Å². The van der Waals surface area contributed by atoms with E-state index in [9.17, 15) is 9.18 Å². The summed E-state index contributed by atoms with van der Waals surface area (Å²) in [5.41, 5.74) is 9.17. The second-order valence-corrected chi connectivity index (χ2v) is 5.82. The lowest BCUT2D eigenvalue weighted by Crippen LogP contribution is -2.34. The molecule has 0 saturated carbocycles. The van der Waals surface area contributed by atoms with Crippen LogP contribution in [0.5, 0.6) is 0 Å². The number of nitrogens with one attached hydrogen (secondary N) is 4. The quantitative estimate of drug-likeness (QED) is 0.232. The van der Waals surface area contributed by atoms with E-state index in [2.05, 4.69) is 15.6 Å². The van der Waals surface area contributed by atoms with Gasteiger partial charge in [-0.15, -0.1) is 0 Å². The summed E-state index contributed by atoms with van der Waals surface area (Å²) >= 11 is 0. The van der Waals surface area contributed by atoms with Crippen LogP contribution in [0, 0.1) is 11.2 Å². The Bertz CT molecular complexity index is 815. The fraction of sp³-hybridized carbons (Fsp3) is 0.278. The molecule has 9 nitrogen and oxygen atoms in total. The van der Waals surface area contributed by atoms with E-state index in [1.165, 1.54) is 24.4 Å². The third-order valence-electron chi connectivity index (χ3n) is 3.83. The van der Waals surface area contributed by atoms with Gasteiger partial charge in [0.05, 0.1) is 18.2 Å². The molecule has 0 radical (unpaired) electrons. The lowest BCUT2D eigenvalue weighted by Gasteiger charge is -2.19. The smallest absolute Gasteiger partial charge is 0.320 e. The van der Waals surface area contributed by atoms with E-state index in [4.69, 9.17) is 21.1 Å². The van der Waals surface area contributed by atoms with E-state index in [1.54, 1.807) is 19.1 Å². The fourth-order valence-electron chi connectivity index (χ4n) is 2.49. The average molecular weight is 390 g/mol. The maximum Gasteiger partial charge on any atom is 0.320 e. The van der Waals surface area contributed by atoms with Gasteiger partial charge in [-0.1, -0.05) is 12.1 Å². The van der Waals surface area contributed by atoms with E-state index in [0.717, 1.165) is 0 Å². The third-order valence-corrected chi connectivity index (χ3v) is 3.83. The minimum atomic E-state index is -0.549. The number of halogens is 1. The molecule has 150 valence electrons. The number of pyridine rings is 1. The zero-order valence-electron chi connectivity index (χ0n) is 15.3. The highest BCUT2D eigenvalue weighted by Gasteiger charge is 2.16. The highest BCUT2D eigenvalue weighted by Crippen LogP contribution is 2.19. The molecule has 0 fully saturated rings. The van der Waals surface area contributed by atoms with Crippen LogP contribution in [0.1, 0.15) is 30.5 Å². The number of urea groups is 1. The number of carbonyl (C=O) groups is 1. The largest absolute Gasteiger partial charge is 0.478 e. The van der Waals surface area contributed by atoms with Crippen molar-refractivity contribution in [1.29, 1.82) is 5.41 Å². The Morgan fingerprint density at radius 1 is 1.39 bits per heavy atom. The van der Waals surface area contributed by atoms with Crippen LogP contribution in [-0.4, -0.2) is 35.3 Å². The van der Waals surface area contributed by atoms with Gasteiger partial charge in [0, 0.05) is 24.5 Å². The molecule has 0 aliphatic rings. The van der Waals surface area contributed by atoms with Gasteiger partial charge in [-0.05, 0) is 31.0 Å². The standard InChI is InChI=1S/C18H23FN6O3/c1-2-28-17(21)13-10-22-16(9-14(13)20)25-18(26)24-15(7-8-23-27)11-3-5-12(19)6-4-11/h3-6,9-10,15,21,23,27H,2,7-8H2,1H3,(H4,20,22,24,25,26)/t15-/m1/s1. The van der Waals surface area contributed by atoms with Crippen molar-refractivity contribution in [2.45, 2.75) is 19.4 Å². The van der Waals surface area contributed by atoms with Crippen molar-refractivity contribution < 1.29 is 19.1 Å². The molecule has 1 heterocycles. The summed E-state index contributed by atoms with van der Waals surface area (Å²) < 4.78 is 18.2. The first kappa shape index (κ1) is 21.1. The number of benzene rings is 1. The lowest BCUT2D eigenvalue weighted by atomic mass is 10.0. The van der Waals surface area contributed by atoms with E-state index in [1.807, 2.05) is 5.48 Å². The van der Waals surface area contributed by atoms with Crippen LogP contribution in [0.15, 0.2) is 36.5 Å². The number of carbonyl (C=O) groups excluding carboxylic acids is 1. The molecule has 0 aliphatic carbocycles. The monoisotopic (exact) mass is 390 g/mol. The number of amides is 2. The minimum absolute atomic E-state index is 0.101. The summed E-state index contributed by atoms with van der Waals surface area (Å²) in [6.07, 6.45) is 1.71. The first-order valence-electron chi connectivity index (χ1n) is 8.61. The van der Waals surface area contributed by atoms with Crippen LogP contribution < -0.4 is 21.8 Å². The molecule has 0 aliphatic heterocycles. The Balaban J connectivity index is 2.06. The second kappa shape index (κ2) is 10.2. The number of anilines is 2. The summed E-state index contributed by atoms with van der Waals surface area (Å²) in [6.45, 7) is 2.30. The predicted octanol–water partition coefficient (Wildman–Crippen LogP) is 2.40. The molecule has 1 atom stereocenters. The van der Waals surface area contributed by atoms with Gasteiger partial charge in [-0.25, -0.2) is 19.6 Å². The molecule has 7 N–H and O–H groups in total. The summed E-state index contributed by atoms with van der Waals surface area (Å²) in [5.74, 6) is -0.290. The molecule has 10 heteroatoms. The summed E-state index contributed by atoms with van der Waals surface area (Å²) in [5, 5.41) is 21.9. The molecule has 28 heavy (non-hydrogen) atoms. The van der Waals surface area contributed by atoms with E-state index in [-0.39, 0.29) is 29.8 Å². The highest BCUT2D eigenvalue weighted by molar-refractivity contribution is 5.97. The molecule has 2 amide bonds. The molecule has 2 aromatic rings. The van der Waals surface area contributed by atoms with E-state index in [0.29, 0.717) is 24.2 Å². The van der Waals surface area contributed by atoms with Crippen LogP contribution in [0.4, 0.5) is 20.7 Å². The number of nitrogen functional groups attached to an aromatic ring is 1. The minimum Gasteiger partial charge on any atom is -0.478 e. The van der Waals surface area contributed by atoms with E-state index < -0.39 is 12.1 Å². The third kappa shape index (κ3) is 5.89. The number of nitrogens with zero attached hydrogens (tertiary/aromatic N) is 1. The maximum absolute atomic E-state index is 13.1. The molecule has 1 aromatic carbocycles. The Morgan fingerprint density at radius 2 is 2.11 bits per heavy atom. The molecule has 1 aromatic heterocycles. The van der Waals surface area contributed by atoms with Crippen LogP contribution in [0.3, 0.4) is 0 Å². The van der Waals surface area contributed by atoms with Crippen LogP contribution in [-0.2, 0) is 4.74 Å². The SMILES string of the molecule is CCOC(=N)c1cnc(NC(=O)N[C@H](CCNO)c2ccc(F)cc2)cc1N. The number of hydrogen-bond donors (Lipinski definition) is 6. The number of ether oxygens (including phenoxy) is 1. The van der Waals surface area contributed by atoms with Gasteiger partial charge in [-0.3, -0.25) is 10.7 Å². The zero-order valence-corrected chi connectivity index (χ0v) is 15.3. The molecule has 0 unspecified atom stereocenters. The van der Waals surface area contributed by atoms with Crippen molar-refractivity contribution in [3.8, 4) is 0 Å². The van der Waals surface area contributed by atoms with Crippen LogP contribution in [0.2, 0.25) is 0 Å². The summed E-state index contributed by atoms with van der Waals surface area (Å²) in [4.78, 5) is 16.4. The van der Waals surface area contributed by atoms with E-state index >= 15 is 0 Å². The maximum atomic E-state index is 13.1. The van der Waals surface area contributed by atoms with Crippen molar-refractivity contribution in [2.24, 2.45) is 0 Å². The molecular weight excluding hydrogens is 367 g/mol. The first-order chi connectivity index (χ1) is 13.4. The van der Waals surface area contributed by atoms with Gasteiger partial charge < -0.3 is 21.0 Å². The van der Waals surface area contributed by atoms with Crippen LogP contribution >= 0.6 is 0 Å².